The Morgan fingerprint density at radius 2 is 1.72 bits per heavy atom. The fraction of sp³-hybridized carbons (Fsp3) is 0.154. The average molecular weight is 440 g/mol. The van der Waals surface area contributed by atoms with Crippen LogP contribution in [0.4, 0.5) is 22.7 Å². The highest BCUT2D eigenvalue weighted by Crippen LogP contribution is 2.26. The van der Waals surface area contributed by atoms with E-state index < -0.39 is 0 Å². The van der Waals surface area contributed by atoms with Crippen molar-refractivity contribution in [2.45, 2.75) is 25.3 Å². The van der Waals surface area contributed by atoms with Gasteiger partial charge in [0.1, 0.15) is 0 Å². The van der Waals surface area contributed by atoms with Crippen molar-refractivity contribution < 1.29 is 4.79 Å². The van der Waals surface area contributed by atoms with Gasteiger partial charge in [-0.15, -0.1) is 9.24 Å². The summed E-state index contributed by atoms with van der Waals surface area (Å²) in [6.45, 7) is 0. The second-order valence-electron chi connectivity index (χ2n) is 8.14. The predicted molar refractivity (Wildman–Crippen MR) is 136 cm³/mol. The number of fused-ring (bicyclic) bond motifs is 1. The highest BCUT2D eigenvalue weighted by Gasteiger charge is 2.17. The van der Waals surface area contributed by atoms with Gasteiger partial charge in [-0.2, -0.15) is 0 Å². The summed E-state index contributed by atoms with van der Waals surface area (Å²) in [5, 5.41) is 12.1. The molecule has 0 saturated heterocycles. The quantitative estimate of drug-likeness (QED) is 0.337. The number of hydrogen-bond donors (Lipinski definition) is 3. The van der Waals surface area contributed by atoms with Crippen LogP contribution in [0.1, 0.15) is 29.6 Å². The summed E-state index contributed by atoms with van der Waals surface area (Å²) in [6, 6.07) is 24.0. The Morgan fingerprint density at radius 1 is 0.906 bits per heavy atom. The largest absolute Gasteiger partial charge is 0.382 e. The summed E-state index contributed by atoms with van der Waals surface area (Å²) < 4.78 is 0. The summed E-state index contributed by atoms with van der Waals surface area (Å²) in [6.07, 6.45) is 5.51. The third-order valence-corrected chi connectivity index (χ3v) is 6.15. The van der Waals surface area contributed by atoms with Gasteiger partial charge in [0.2, 0.25) is 0 Å². The Morgan fingerprint density at radius 3 is 2.50 bits per heavy atom. The molecule has 1 aliphatic rings. The van der Waals surface area contributed by atoms with E-state index in [9.17, 15) is 4.79 Å². The third kappa shape index (κ3) is 4.58. The maximum absolute atomic E-state index is 12.7. The van der Waals surface area contributed by atoms with Crippen LogP contribution >= 0.6 is 9.24 Å². The first-order valence-electron chi connectivity index (χ1n) is 10.8. The molecule has 1 saturated carbocycles. The number of rotatable bonds is 6. The number of aromatic nitrogens is 1. The maximum atomic E-state index is 12.7. The molecule has 4 aromatic rings. The van der Waals surface area contributed by atoms with E-state index in [1.165, 1.54) is 19.3 Å². The van der Waals surface area contributed by atoms with E-state index in [4.69, 9.17) is 0 Å². The lowest BCUT2D eigenvalue weighted by Gasteiger charge is -2.27. The number of nitrogens with one attached hydrogen (secondary N) is 3. The minimum absolute atomic E-state index is 0.126. The Hall–Kier alpha value is -3.43. The van der Waals surface area contributed by atoms with Crippen molar-refractivity contribution in [2.24, 2.45) is 0 Å². The van der Waals surface area contributed by atoms with Crippen LogP contribution in [-0.4, -0.2) is 16.9 Å². The number of benzene rings is 3. The normalized spacial score (nSPS) is 13.4. The average Bonchev–Trinajstić information content (AvgIpc) is 2.77. The molecule has 0 spiro atoms. The molecule has 3 N–H and O–H groups in total. The molecule has 0 bridgehead atoms. The summed E-state index contributed by atoms with van der Waals surface area (Å²) in [5.74, 6) is -0.126. The number of pyridine rings is 1. The molecule has 5 rings (SSSR count). The topological polar surface area (TPSA) is 66.1 Å². The Kier molecular flexibility index (Phi) is 5.74. The second kappa shape index (κ2) is 8.97. The molecule has 1 heterocycles. The van der Waals surface area contributed by atoms with E-state index in [2.05, 4.69) is 36.2 Å². The van der Waals surface area contributed by atoms with Gasteiger partial charge in [0.05, 0.1) is 5.52 Å². The van der Waals surface area contributed by atoms with Gasteiger partial charge in [0.25, 0.3) is 5.91 Å². The number of carbonyl (C=O) groups is 1. The standard InChI is InChI=1S/C26H25N4OP/c31-26(30-21-6-2-5-20(15-21)28-18-3-1-4-18)17-7-9-19(10-8-17)29-25-13-14-27-24-12-11-22(32)16-23(24)25/h2,5-16,18,28H,1,3-4,32H2,(H,27,29)(H,30,31). The van der Waals surface area contributed by atoms with E-state index in [1.54, 1.807) is 6.20 Å². The Labute approximate surface area is 189 Å². The van der Waals surface area contributed by atoms with E-state index >= 15 is 0 Å². The van der Waals surface area contributed by atoms with Gasteiger partial charge < -0.3 is 16.0 Å². The molecule has 1 fully saturated rings. The molecule has 160 valence electrons. The van der Waals surface area contributed by atoms with Crippen molar-refractivity contribution in [1.29, 1.82) is 0 Å². The van der Waals surface area contributed by atoms with Gasteiger partial charge in [-0.1, -0.05) is 12.1 Å². The van der Waals surface area contributed by atoms with Crippen LogP contribution in [0.25, 0.3) is 10.9 Å². The second-order valence-corrected chi connectivity index (χ2v) is 8.81. The molecule has 0 radical (unpaired) electrons. The van der Waals surface area contributed by atoms with Crippen molar-refractivity contribution in [3.05, 3.63) is 84.6 Å². The Balaban J connectivity index is 1.27. The number of anilines is 4. The highest BCUT2D eigenvalue weighted by molar-refractivity contribution is 7.27. The van der Waals surface area contributed by atoms with Gasteiger partial charge in [-0.25, -0.2) is 0 Å². The van der Waals surface area contributed by atoms with E-state index in [1.807, 2.05) is 66.7 Å². The fourth-order valence-electron chi connectivity index (χ4n) is 3.81. The van der Waals surface area contributed by atoms with Gasteiger partial charge in [0.15, 0.2) is 0 Å². The summed E-state index contributed by atoms with van der Waals surface area (Å²) in [5.41, 5.74) is 5.27. The molecular formula is C26H25N4OP. The predicted octanol–water partition coefficient (Wildman–Crippen LogP) is 5.70. The van der Waals surface area contributed by atoms with E-state index in [0.29, 0.717) is 11.6 Å². The lowest BCUT2D eigenvalue weighted by molar-refractivity contribution is 0.102. The van der Waals surface area contributed by atoms with Gasteiger partial charge >= 0.3 is 0 Å². The minimum atomic E-state index is -0.126. The molecule has 1 unspecified atom stereocenters. The number of carbonyl (C=O) groups excluding carboxylic acids is 1. The monoisotopic (exact) mass is 440 g/mol. The van der Waals surface area contributed by atoms with Crippen molar-refractivity contribution in [3.8, 4) is 0 Å². The third-order valence-electron chi connectivity index (χ3n) is 5.79. The molecule has 1 amide bonds. The van der Waals surface area contributed by atoms with Crippen molar-refractivity contribution in [1.82, 2.24) is 4.98 Å². The maximum Gasteiger partial charge on any atom is 0.255 e. The summed E-state index contributed by atoms with van der Waals surface area (Å²) >= 11 is 0. The fourth-order valence-corrected chi connectivity index (χ4v) is 4.07. The summed E-state index contributed by atoms with van der Waals surface area (Å²) in [7, 11) is 2.72. The first-order chi connectivity index (χ1) is 15.6. The number of hydrogen-bond acceptors (Lipinski definition) is 4. The van der Waals surface area contributed by atoms with Crippen LogP contribution in [0.5, 0.6) is 0 Å². The van der Waals surface area contributed by atoms with Crippen LogP contribution < -0.4 is 21.3 Å². The van der Waals surface area contributed by atoms with Crippen molar-refractivity contribution >= 4 is 54.1 Å². The summed E-state index contributed by atoms with van der Waals surface area (Å²) in [4.78, 5) is 17.2. The minimum Gasteiger partial charge on any atom is -0.382 e. The van der Waals surface area contributed by atoms with Crippen LogP contribution in [0.3, 0.4) is 0 Å². The zero-order valence-electron chi connectivity index (χ0n) is 17.6. The van der Waals surface area contributed by atoms with Crippen LogP contribution in [0, 0.1) is 0 Å². The van der Waals surface area contributed by atoms with Gasteiger partial charge in [-0.3, -0.25) is 9.78 Å². The highest BCUT2D eigenvalue weighted by atomic mass is 31.0. The van der Waals surface area contributed by atoms with Crippen LogP contribution in [0.2, 0.25) is 0 Å². The number of nitrogens with zero attached hydrogens (tertiary/aromatic N) is 1. The molecule has 0 aliphatic heterocycles. The Bertz CT molecular complexity index is 1270. The molecule has 1 atom stereocenters. The zero-order chi connectivity index (χ0) is 21.9. The molecule has 32 heavy (non-hydrogen) atoms. The molecule has 3 aromatic carbocycles. The number of amides is 1. The van der Waals surface area contributed by atoms with Crippen LogP contribution in [-0.2, 0) is 0 Å². The molecule has 6 heteroatoms. The first kappa shape index (κ1) is 20.5. The first-order valence-corrected chi connectivity index (χ1v) is 11.4. The van der Waals surface area contributed by atoms with Gasteiger partial charge in [-0.05, 0) is 85.2 Å². The smallest absolute Gasteiger partial charge is 0.255 e. The molecule has 1 aromatic heterocycles. The lowest BCUT2D eigenvalue weighted by atomic mass is 9.93. The van der Waals surface area contributed by atoms with Crippen molar-refractivity contribution in [2.75, 3.05) is 16.0 Å². The lowest BCUT2D eigenvalue weighted by Crippen LogP contribution is -2.26. The van der Waals surface area contributed by atoms with E-state index in [-0.39, 0.29) is 5.91 Å². The zero-order valence-corrected chi connectivity index (χ0v) is 18.8. The van der Waals surface area contributed by atoms with Gasteiger partial charge in [0, 0.05) is 45.9 Å². The van der Waals surface area contributed by atoms with Crippen LogP contribution in [0.15, 0.2) is 79.0 Å². The molecule has 1 aliphatic carbocycles. The van der Waals surface area contributed by atoms with Crippen molar-refractivity contribution in [3.63, 3.8) is 0 Å². The molecule has 5 nitrogen and oxygen atoms in total. The van der Waals surface area contributed by atoms with E-state index in [0.717, 1.165) is 39.0 Å². The SMILES string of the molecule is O=C(Nc1cccc(NC2CCC2)c1)c1ccc(Nc2ccnc3ccc(P)cc23)cc1. The molecular weight excluding hydrogens is 415 g/mol.